The smallest absolute Gasteiger partial charge is 0.726 e. The molecule has 0 fully saturated rings. The molecule has 0 rings (SSSR count). The minimum Gasteiger partial charge on any atom is -0.726 e. The van der Waals surface area contributed by atoms with Crippen LogP contribution in [0.3, 0.4) is 0 Å². The van der Waals surface area contributed by atoms with Gasteiger partial charge in [-0.15, -0.1) is 0 Å². The van der Waals surface area contributed by atoms with Crippen LogP contribution in [-0.4, -0.2) is 71.9 Å². The number of ether oxygens (including phenoxy) is 4. The molecule has 0 spiro atoms. The molecular weight excluding hydrogens is 433 g/mol. The molecule has 32 heavy (non-hydrogen) atoms. The van der Waals surface area contributed by atoms with Gasteiger partial charge >= 0.3 is 18.9 Å². The van der Waals surface area contributed by atoms with Crippen molar-refractivity contribution in [3.8, 4) is 6.07 Å². The molecule has 0 heterocycles. The summed E-state index contributed by atoms with van der Waals surface area (Å²) in [5.41, 5.74) is 0. The second-order valence-corrected chi connectivity index (χ2v) is 5.31. The van der Waals surface area contributed by atoms with Crippen molar-refractivity contribution in [3.63, 3.8) is 0 Å². The normalized spacial score (nSPS) is 9.94. The van der Waals surface area contributed by atoms with Crippen molar-refractivity contribution in [2.75, 3.05) is 46.8 Å². The van der Waals surface area contributed by atoms with E-state index in [9.17, 15) is 13.0 Å². The van der Waals surface area contributed by atoms with Gasteiger partial charge in [-0.1, -0.05) is 73.8 Å². The minimum absolute atomic E-state index is 0. The van der Waals surface area contributed by atoms with Gasteiger partial charge in [0.25, 0.3) is 0 Å². The van der Waals surface area contributed by atoms with Gasteiger partial charge in [0.05, 0.1) is 32.5 Å². The first-order valence-corrected chi connectivity index (χ1v) is 8.03. The van der Waals surface area contributed by atoms with Crippen LogP contribution in [0.4, 0.5) is 0 Å². The van der Waals surface area contributed by atoms with Crippen molar-refractivity contribution in [3.05, 3.63) is 0 Å². The molecule has 0 amide bonds. The standard InChI is InChI=1S/C12H23NO8S.9CH4.Li/c1-3-5-18-8-12(10-21-22(14,15)16)20-9-11(17-2)7-19-6-4-13;;;;;;;;;;/h11-12H,3,5-10H2,1-2H3,(H,14,15,16);9*1H4;/q;;;;;;;;;;+1/p-1. The number of methoxy groups -OCH3 is 1. The van der Waals surface area contributed by atoms with E-state index in [0.717, 1.165) is 6.42 Å². The number of hydrogen-bond acceptors (Lipinski definition) is 9. The zero-order valence-corrected chi connectivity index (χ0v) is 14.5. The van der Waals surface area contributed by atoms with Gasteiger partial charge in [0, 0.05) is 13.7 Å². The van der Waals surface area contributed by atoms with Crippen molar-refractivity contribution in [1.82, 2.24) is 0 Å². The first kappa shape index (κ1) is 69.7. The van der Waals surface area contributed by atoms with Crippen molar-refractivity contribution in [1.29, 1.82) is 5.26 Å². The van der Waals surface area contributed by atoms with E-state index in [0.29, 0.717) is 6.61 Å². The number of rotatable bonds is 14. The molecule has 0 aliphatic heterocycles. The SMILES string of the molecule is C.C.C.C.C.C.C.C.C.CCCOCC(COS(=O)(=O)[O-])OCC(COCC#N)OC.[Li+]. The Morgan fingerprint density at radius 1 is 0.844 bits per heavy atom. The summed E-state index contributed by atoms with van der Waals surface area (Å²) >= 11 is 0. The molecule has 2 atom stereocenters. The molecule has 0 aliphatic carbocycles. The van der Waals surface area contributed by atoms with Gasteiger partial charge in [-0.2, -0.15) is 5.26 Å². The molecule has 0 aromatic heterocycles. The van der Waals surface area contributed by atoms with Gasteiger partial charge in [0.1, 0.15) is 18.8 Å². The van der Waals surface area contributed by atoms with Crippen LogP contribution in [0.5, 0.6) is 0 Å². The maximum Gasteiger partial charge on any atom is 1.00 e. The Balaban J connectivity index is -0.0000000490. The number of nitrogens with zero attached hydrogens (tertiary/aromatic N) is 1. The van der Waals surface area contributed by atoms with E-state index in [1.54, 1.807) is 0 Å². The van der Waals surface area contributed by atoms with Gasteiger partial charge in [-0.25, -0.2) is 8.42 Å². The predicted octanol–water partition coefficient (Wildman–Crippen LogP) is 2.56. The molecule has 0 aliphatic rings. The van der Waals surface area contributed by atoms with Gasteiger partial charge < -0.3 is 23.5 Å². The third kappa shape index (κ3) is 47.5. The zero-order valence-electron chi connectivity index (χ0n) is 13.7. The molecular formula is C21H58LiNO8S. The summed E-state index contributed by atoms with van der Waals surface area (Å²) in [4.78, 5) is 0. The van der Waals surface area contributed by atoms with Crippen molar-refractivity contribution >= 4 is 10.4 Å². The fourth-order valence-corrected chi connectivity index (χ4v) is 1.64. The Morgan fingerprint density at radius 2 is 1.31 bits per heavy atom. The van der Waals surface area contributed by atoms with Gasteiger partial charge in [-0.3, -0.25) is 4.18 Å². The summed E-state index contributed by atoms with van der Waals surface area (Å²) < 4.78 is 56.4. The second-order valence-electron chi connectivity index (χ2n) is 4.25. The topological polar surface area (TPSA) is 127 Å². The number of hydrogen-bond donors (Lipinski definition) is 0. The summed E-state index contributed by atoms with van der Waals surface area (Å²) in [5.74, 6) is 0. The van der Waals surface area contributed by atoms with Crippen LogP contribution in [0.2, 0.25) is 0 Å². The van der Waals surface area contributed by atoms with Crippen LogP contribution < -0.4 is 18.9 Å². The molecule has 2 unspecified atom stereocenters. The van der Waals surface area contributed by atoms with Crippen LogP contribution in [0.1, 0.15) is 80.2 Å². The molecule has 0 aromatic carbocycles. The van der Waals surface area contributed by atoms with Crippen LogP contribution in [0.15, 0.2) is 0 Å². The van der Waals surface area contributed by atoms with Crippen LogP contribution >= 0.6 is 0 Å². The fraction of sp³-hybridized carbons (Fsp3) is 0.952. The van der Waals surface area contributed by atoms with Gasteiger partial charge in [-0.05, 0) is 6.42 Å². The third-order valence-electron chi connectivity index (χ3n) is 2.37. The summed E-state index contributed by atoms with van der Waals surface area (Å²) in [6.07, 6.45) is -0.384. The Morgan fingerprint density at radius 3 is 1.69 bits per heavy atom. The van der Waals surface area contributed by atoms with Crippen LogP contribution in [0.25, 0.3) is 0 Å². The summed E-state index contributed by atoms with van der Waals surface area (Å²) in [7, 11) is -3.34. The Labute approximate surface area is 215 Å². The molecule has 0 aromatic rings. The molecule has 202 valence electrons. The van der Waals surface area contributed by atoms with Crippen molar-refractivity contribution < 1.29 is 55.0 Å². The van der Waals surface area contributed by atoms with Crippen molar-refractivity contribution in [2.45, 2.75) is 92.4 Å². The first-order valence-electron chi connectivity index (χ1n) is 6.70. The van der Waals surface area contributed by atoms with Gasteiger partial charge in [0.15, 0.2) is 0 Å². The Hall–Kier alpha value is -0.203. The summed E-state index contributed by atoms with van der Waals surface area (Å²) in [6, 6.07) is 1.82. The van der Waals surface area contributed by atoms with Crippen LogP contribution in [-0.2, 0) is 33.5 Å². The van der Waals surface area contributed by atoms with Gasteiger partial charge in [0.2, 0.25) is 10.4 Å². The number of nitriles is 1. The second kappa shape index (κ2) is 44.5. The van der Waals surface area contributed by atoms with E-state index in [4.69, 9.17) is 24.2 Å². The maximum atomic E-state index is 10.5. The maximum absolute atomic E-state index is 10.5. The van der Waals surface area contributed by atoms with E-state index in [1.165, 1.54) is 7.11 Å². The third-order valence-corrected chi connectivity index (χ3v) is 2.80. The average Bonchev–Trinajstić information content (AvgIpc) is 2.46. The van der Waals surface area contributed by atoms with E-state index < -0.39 is 29.2 Å². The van der Waals surface area contributed by atoms with Crippen LogP contribution in [0, 0.1) is 11.3 Å². The molecule has 0 saturated heterocycles. The van der Waals surface area contributed by atoms with E-state index in [1.807, 2.05) is 13.0 Å². The van der Waals surface area contributed by atoms with Crippen molar-refractivity contribution in [2.24, 2.45) is 0 Å². The molecule has 9 nitrogen and oxygen atoms in total. The van der Waals surface area contributed by atoms with E-state index >= 15 is 0 Å². The predicted molar refractivity (Wildman–Crippen MR) is 134 cm³/mol. The quantitative estimate of drug-likeness (QED) is 0.156. The summed E-state index contributed by atoms with van der Waals surface area (Å²) in [6.45, 7) is 2.19. The molecule has 0 bridgehead atoms. The monoisotopic (exact) mass is 491 g/mol. The molecule has 0 radical (unpaired) electrons. The largest absolute Gasteiger partial charge is 1.00 e. The first-order chi connectivity index (χ1) is 10.4. The average molecular weight is 492 g/mol. The Kier molecular flexibility index (Phi) is 96.9. The molecule has 11 heteroatoms. The summed E-state index contributed by atoms with van der Waals surface area (Å²) in [5, 5.41) is 8.37. The molecule has 0 saturated carbocycles. The van der Waals surface area contributed by atoms with E-state index in [2.05, 4.69) is 4.18 Å². The minimum atomic E-state index is -4.79. The Bertz CT molecular complexity index is 421. The van der Waals surface area contributed by atoms with E-state index in [-0.39, 0.29) is 112 Å². The zero-order chi connectivity index (χ0) is 16.8. The fourth-order valence-electron chi connectivity index (χ4n) is 1.33. The molecule has 0 N–H and O–H groups in total.